The predicted octanol–water partition coefficient (Wildman–Crippen LogP) is 5.37. The molecule has 1 aliphatic heterocycles. The Balaban J connectivity index is 2.00. The lowest BCUT2D eigenvalue weighted by Crippen LogP contribution is -2.41. The smallest absolute Gasteiger partial charge is 0.411 e. The van der Waals surface area contributed by atoms with Crippen LogP contribution in [0.2, 0.25) is 0 Å². The van der Waals surface area contributed by atoms with Gasteiger partial charge >= 0.3 is 6.09 Å². The highest BCUT2D eigenvalue weighted by molar-refractivity contribution is 5.93. The standard InChI is InChI=1S/C23H29FN2O2/c1-23(2,3)17-9-7-16(8-10-17)20-14-18(24)11-12-21(20)26(22(27)28)15-19-6-5-13-25(19)4/h7-12,14,19H,5-6,13,15H2,1-4H3,(H,27,28)/t19-/m0/s1. The zero-order valence-corrected chi connectivity index (χ0v) is 17.1. The van der Waals surface area contributed by atoms with E-state index in [-0.39, 0.29) is 17.3 Å². The van der Waals surface area contributed by atoms with Gasteiger partial charge in [0.1, 0.15) is 5.82 Å². The molecule has 1 aliphatic rings. The van der Waals surface area contributed by atoms with Crippen LogP contribution in [0.5, 0.6) is 0 Å². The molecule has 1 fully saturated rings. The Bertz CT molecular complexity index is 843. The molecule has 1 N–H and O–H groups in total. The molecule has 5 heteroatoms. The summed E-state index contributed by atoms with van der Waals surface area (Å²) in [5, 5.41) is 9.88. The van der Waals surface area contributed by atoms with E-state index >= 15 is 0 Å². The summed E-state index contributed by atoms with van der Waals surface area (Å²) < 4.78 is 14.1. The third kappa shape index (κ3) is 4.36. The minimum Gasteiger partial charge on any atom is -0.465 e. The molecule has 0 bridgehead atoms. The molecule has 3 rings (SSSR count). The molecule has 1 atom stereocenters. The first-order valence-corrected chi connectivity index (χ1v) is 9.78. The summed E-state index contributed by atoms with van der Waals surface area (Å²) in [6, 6.07) is 12.5. The molecule has 28 heavy (non-hydrogen) atoms. The first-order valence-electron chi connectivity index (χ1n) is 9.78. The Labute approximate surface area is 166 Å². The second kappa shape index (κ2) is 7.92. The van der Waals surface area contributed by atoms with Gasteiger partial charge in [-0.3, -0.25) is 4.90 Å². The number of hydrogen-bond donors (Lipinski definition) is 1. The lowest BCUT2D eigenvalue weighted by atomic mass is 9.86. The molecule has 2 aromatic rings. The van der Waals surface area contributed by atoms with Crippen LogP contribution >= 0.6 is 0 Å². The van der Waals surface area contributed by atoms with Gasteiger partial charge in [-0.15, -0.1) is 0 Å². The van der Waals surface area contributed by atoms with E-state index in [1.807, 2.05) is 31.3 Å². The van der Waals surface area contributed by atoms with Gasteiger partial charge in [-0.25, -0.2) is 9.18 Å². The summed E-state index contributed by atoms with van der Waals surface area (Å²) in [7, 11) is 2.02. The Hall–Kier alpha value is -2.40. The summed E-state index contributed by atoms with van der Waals surface area (Å²) in [6.07, 6.45) is 1.02. The Morgan fingerprint density at radius 1 is 1.21 bits per heavy atom. The van der Waals surface area contributed by atoms with Crippen LogP contribution in [-0.4, -0.2) is 42.3 Å². The van der Waals surface area contributed by atoms with Crippen molar-refractivity contribution in [3.8, 4) is 11.1 Å². The minimum atomic E-state index is -1.01. The molecule has 4 nitrogen and oxygen atoms in total. The predicted molar refractivity (Wildman–Crippen MR) is 112 cm³/mol. The van der Waals surface area contributed by atoms with E-state index in [0.29, 0.717) is 17.8 Å². The zero-order chi connectivity index (χ0) is 20.5. The van der Waals surface area contributed by atoms with Gasteiger partial charge in [-0.2, -0.15) is 0 Å². The highest BCUT2D eigenvalue weighted by atomic mass is 19.1. The van der Waals surface area contributed by atoms with Crippen LogP contribution < -0.4 is 4.90 Å². The Morgan fingerprint density at radius 2 is 1.89 bits per heavy atom. The molecule has 1 amide bonds. The highest BCUT2D eigenvalue weighted by Gasteiger charge is 2.28. The number of anilines is 1. The van der Waals surface area contributed by atoms with Crippen LogP contribution in [0.3, 0.4) is 0 Å². The van der Waals surface area contributed by atoms with Crippen molar-refractivity contribution in [3.63, 3.8) is 0 Å². The summed E-state index contributed by atoms with van der Waals surface area (Å²) >= 11 is 0. The van der Waals surface area contributed by atoms with Crippen LogP contribution in [0, 0.1) is 5.82 Å². The lowest BCUT2D eigenvalue weighted by molar-refractivity contribution is 0.198. The first kappa shape index (κ1) is 20.3. The average molecular weight is 384 g/mol. The number of nitrogens with zero attached hydrogens (tertiary/aromatic N) is 2. The summed E-state index contributed by atoms with van der Waals surface area (Å²) in [6.45, 7) is 7.77. The van der Waals surface area contributed by atoms with Gasteiger partial charge in [0, 0.05) is 18.2 Å². The van der Waals surface area contributed by atoms with Crippen LogP contribution in [0.1, 0.15) is 39.2 Å². The van der Waals surface area contributed by atoms with Crippen LogP contribution in [0.25, 0.3) is 11.1 Å². The fourth-order valence-electron chi connectivity index (χ4n) is 3.82. The van der Waals surface area contributed by atoms with E-state index in [1.54, 1.807) is 6.07 Å². The van der Waals surface area contributed by atoms with E-state index in [4.69, 9.17) is 0 Å². The van der Waals surface area contributed by atoms with E-state index < -0.39 is 6.09 Å². The number of hydrogen-bond acceptors (Lipinski definition) is 2. The molecule has 2 aromatic carbocycles. The molecular formula is C23H29FN2O2. The maximum absolute atomic E-state index is 14.1. The van der Waals surface area contributed by atoms with Crippen LogP contribution in [-0.2, 0) is 5.41 Å². The topological polar surface area (TPSA) is 43.8 Å². The van der Waals surface area contributed by atoms with Crippen molar-refractivity contribution in [1.82, 2.24) is 4.90 Å². The summed E-state index contributed by atoms with van der Waals surface area (Å²) in [5.41, 5.74) is 3.13. The summed E-state index contributed by atoms with van der Waals surface area (Å²) in [5.74, 6) is -0.373. The number of carboxylic acid groups (broad SMARTS) is 1. The number of halogens is 1. The van der Waals surface area contributed by atoms with Crippen molar-refractivity contribution >= 4 is 11.8 Å². The normalized spacial score (nSPS) is 17.7. The molecule has 0 unspecified atom stereocenters. The number of amides is 1. The Kier molecular flexibility index (Phi) is 5.75. The largest absolute Gasteiger partial charge is 0.465 e. The van der Waals surface area contributed by atoms with Crippen molar-refractivity contribution in [3.05, 3.63) is 53.8 Å². The molecule has 1 heterocycles. The van der Waals surface area contributed by atoms with E-state index in [0.717, 1.165) is 24.9 Å². The minimum absolute atomic E-state index is 0.0173. The fourth-order valence-corrected chi connectivity index (χ4v) is 3.82. The highest BCUT2D eigenvalue weighted by Crippen LogP contribution is 2.34. The molecule has 150 valence electrons. The maximum Gasteiger partial charge on any atom is 0.411 e. The quantitative estimate of drug-likeness (QED) is 0.771. The number of likely N-dealkylation sites (N-methyl/N-ethyl adjacent to an activating group) is 1. The van der Waals surface area contributed by atoms with Crippen LogP contribution in [0.15, 0.2) is 42.5 Å². The molecule has 0 saturated carbocycles. The maximum atomic E-state index is 14.1. The van der Waals surface area contributed by atoms with Crippen molar-refractivity contribution in [1.29, 1.82) is 0 Å². The van der Waals surface area contributed by atoms with Crippen molar-refractivity contribution < 1.29 is 14.3 Å². The fraction of sp³-hybridized carbons (Fsp3) is 0.435. The zero-order valence-electron chi connectivity index (χ0n) is 17.1. The molecule has 1 saturated heterocycles. The average Bonchev–Trinajstić information content (AvgIpc) is 3.04. The Morgan fingerprint density at radius 3 is 2.43 bits per heavy atom. The van der Waals surface area contributed by atoms with E-state index in [1.165, 1.54) is 22.6 Å². The third-order valence-corrected chi connectivity index (χ3v) is 5.61. The van der Waals surface area contributed by atoms with Gasteiger partial charge in [-0.1, -0.05) is 45.0 Å². The van der Waals surface area contributed by atoms with Gasteiger partial charge in [-0.05, 0) is 61.2 Å². The second-order valence-electron chi connectivity index (χ2n) is 8.66. The number of benzene rings is 2. The van der Waals surface area contributed by atoms with Gasteiger partial charge in [0.25, 0.3) is 0 Å². The summed E-state index contributed by atoms with van der Waals surface area (Å²) in [4.78, 5) is 15.6. The second-order valence-corrected chi connectivity index (χ2v) is 8.66. The van der Waals surface area contributed by atoms with E-state index in [9.17, 15) is 14.3 Å². The first-order chi connectivity index (χ1) is 13.2. The molecule has 0 spiro atoms. The SMILES string of the molecule is CN1CCC[C@H]1CN(C(=O)O)c1ccc(F)cc1-c1ccc(C(C)(C)C)cc1. The van der Waals surface area contributed by atoms with Gasteiger partial charge in [0.05, 0.1) is 5.69 Å². The molecule has 0 radical (unpaired) electrons. The van der Waals surface area contributed by atoms with Crippen LogP contribution in [0.4, 0.5) is 14.9 Å². The third-order valence-electron chi connectivity index (χ3n) is 5.61. The molecule has 0 aromatic heterocycles. The van der Waals surface area contributed by atoms with Gasteiger partial charge in [0.2, 0.25) is 0 Å². The van der Waals surface area contributed by atoms with Gasteiger partial charge < -0.3 is 10.0 Å². The molecule has 0 aliphatic carbocycles. The monoisotopic (exact) mass is 384 g/mol. The number of rotatable bonds is 4. The van der Waals surface area contributed by atoms with Crippen molar-refractivity contribution in [2.24, 2.45) is 0 Å². The number of likely N-dealkylation sites (tertiary alicyclic amines) is 1. The number of carbonyl (C=O) groups is 1. The molecular weight excluding hydrogens is 355 g/mol. The van der Waals surface area contributed by atoms with Crippen molar-refractivity contribution in [2.75, 3.05) is 25.0 Å². The lowest BCUT2D eigenvalue weighted by Gasteiger charge is -2.28. The van der Waals surface area contributed by atoms with Crippen molar-refractivity contribution in [2.45, 2.75) is 45.1 Å². The van der Waals surface area contributed by atoms with E-state index in [2.05, 4.69) is 25.7 Å². The van der Waals surface area contributed by atoms with Gasteiger partial charge in [0.15, 0.2) is 0 Å².